The van der Waals surface area contributed by atoms with Gasteiger partial charge in [0.25, 0.3) is 0 Å². The fourth-order valence-corrected chi connectivity index (χ4v) is 1.33. The smallest absolute Gasteiger partial charge is 0.166 e. The van der Waals surface area contributed by atoms with Crippen LogP contribution in [0.15, 0.2) is 12.3 Å². The molecule has 1 rings (SSSR count). The van der Waals surface area contributed by atoms with E-state index in [1.165, 1.54) is 12.3 Å². The lowest BCUT2D eigenvalue weighted by Crippen LogP contribution is -2.21. The third-order valence-electron chi connectivity index (χ3n) is 1.75. The van der Waals surface area contributed by atoms with E-state index in [1.54, 1.807) is 0 Å². The van der Waals surface area contributed by atoms with Crippen LogP contribution in [0.5, 0.6) is 0 Å². The van der Waals surface area contributed by atoms with Crippen LogP contribution in [0.4, 0.5) is 4.39 Å². The van der Waals surface area contributed by atoms with Crippen LogP contribution in [0.3, 0.4) is 0 Å². The van der Waals surface area contributed by atoms with Gasteiger partial charge >= 0.3 is 0 Å². The zero-order chi connectivity index (χ0) is 10.7. The Morgan fingerprint density at radius 3 is 2.79 bits per heavy atom. The first-order valence-corrected chi connectivity index (χ1v) is 4.86. The molecule has 2 unspecified atom stereocenters. The number of thiol groups is 1. The van der Waals surface area contributed by atoms with Crippen molar-refractivity contribution in [3.05, 3.63) is 28.8 Å². The molecule has 0 radical (unpaired) electrons. The summed E-state index contributed by atoms with van der Waals surface area (Å²) in [5.41, 5.74) is -0.0773. The molecule has 0 fully saturated rings. The highest BCUT2D eigenvalue weighted by molar-refractivity contribution is 7.80. The first kappa shape index (κ1) is 11.7. The number of rotatable bonds is 3. The first-order valence-electron chi connectivity index (χ1n) is 3.84. The summed E-state index contributed by atoms with van der Waals surface area (Å²) in [7, 11) is 0. The normalized spacial score (nSPS) is 15.2. The lowest BCUT2D eigenvalue weighted by molar-refractivity contribution is 0.0314. The Morgan fingerprint density at radius 2 is 2.21 bits per heavy atom. The number of nitrogens with zero attached hydrogens (tertiary/aromatic N) is 1. The van der Waals surface area contributed by atoms with E-state index in [9.17, 15) is 14.6 Å². The van der Waals surface area contributed by atoms with Gasteiger partial charge < -0.3 is 10.2 Å². The highest BCUT2D eigenvalue weighted by Crippen LogP contribution is 2.23. The van der Waals surface area contributed by atoms with E-state index < -0.39 is 18.0 Å². The summed E-state index contributed by atoms with van der Waals surface area (Å²) in [6.45, 7) is 0. The van der Waals surface area contributed by atoms with Crippen molar-refractivity contribution in [3.8, 4) is 0 Å². The maximum atomic E-state index is 13.3. The molecule has 3 nitrogen and oxygen atoms in total. The van der Waals surface area contributed by atoms with Gasteiger partial charge in [0.1, 0.15) is 6.10 Å². The van der Waals surface area contributed by atoms with Crippen LogP contribution in [0.2, 0.25) is 5.15 Å². The van der Waals surface area contributed by atoms with Gasteiger partial charge in [0, 0.05) is 17.5 Å². The maximum Gasteiger partial charge on any atom is 0.166 e. The van der Waals surface area contributed by atoms with E-state index in [0.717, 1.165) is 0 Å². The van der Waals surface area contributed by atoms with Gasteiger partial charge in [-0.25, -0.2) is 9.37 Å². The number of pyridine rings is 1. The number of hydrogen-bond acceptors (Lipinski definition) is 4. The summed E-state index contributed by atoms with van der Waals surface area (Å²) in [6.07, 6.45) is -1.21. The Balaban J connectivity index is 3.01. The number of hydrogen-bond donors (Lipinski definition) is 3. The minimum atomic E-state index is -1.34. The van der Waals surface area contributed by atoms with E-state index in [4.69, 9.17) is 11.6 Å². The average molecular weight is 238 g/mol. The molecular formula is C8H9ClFNO2S. The van der Waals surface area contributed by atoms with Gasteiger partial charge in [0.2, 0.25) is 0 Å². The van der Waals surface area contributed by atoms with Crippen LogP contribution in [-0.2, 0) is 0 Å². The fraction of sp³-hybridized carbons (Fsp3) is 0.375. The summed E-state index contributed by atoms with van der Waals surface area (Å²) in [5.74, 6) is -0.789. The number of aliphatic hydroxyl groups excluding tert-OH is 2. The third-order valence-corrected chi connectivity index (χ3v) is 2.38. The second kappa shape index (κ2) is 4.93. The van der Waals surface area contributed by atoms with E-state index in [2.05, 4.69) is 17.6 Å². The lowest BCUT2D eigenvalue weighted by Gasteiger charge is -2.16. The largest absolute Gasteiger partial charge is 0.389 e. The predicted molar refractivity (Wildman–Crippen MR) is 54.0 cm³/mol. The Kier molecular flexibility index (Phi) is 4.12. The van der Waals surface area contributed by atoms with Crippen LogP contribution in [0.1, 0.15) is 11.7 Å². The molecular weight excluding hydrogens is 229 g/mol. The quantitative estimate of drug-likeness (QED) is 0.547. The van der Waals surface area contributed by atoms with Crippen molar-refractivity contribution in [3.63, 3.8) is 0 Å². The molecule has 0 saturated heterocycles. The van der Waals surface area contributed by atoms with E-state index in [1.807, 2.05) is 0 Å². The molecule has 2 atom stereocenters. The van der Waals surface area contributed by atoms with Gasteiger partial charge in [-0.3, -0.25) is 0 Å². The molecule has 0 spiro atoms. The highest BCUT2D eigenvalue weighted by Gasteiger charge is 2.21. The van der Waals surface area contributed by atoms with E-state index in [0.29, 0.717) is 0 Å². The molecule has 14 heavy (non-hydrogen) atoms. The van der Waals surface area contributed by atoms with Crippen molar-refractivity contribution >= 4 is 24.2 Å². The molecule has 0 aliphatic carbocycles. The Labute approximate surface area is 91.0 Å². The van der Waals surface area contributed by atoms with Gasteiger partial charge in [0.15, 0.2) is 11.0 Å². The molecule has 0 aliphatic heterocycles. The molecule has 2 N–H and O–H groups in total. The maximum absolute atomic E-state index is 13.3. The van der Waals surface area contributed by atoms with Crippen LogP contribution in [0.25, 0.3) is 0 Å². The Bertz CT molecular complexity index is 326. The zero-order valence-corrected chi connectivity index (χ0v) is 8.71. The molecule has 6 heteroatoms. The average Bonchev–Trinajstić information content (AvgIpc) is 2.20. The molecule has 0 bridgehead atoms. The van der Waals surface area contributed by atoms with Gasteiger partial charge in [-0.15, -0.1) is 0 Å². The number of aliphatic hydroxyl groups is 2. The molecule has 0 aromatic carbocycles. The minimum absolute atomic E-state index is 0.0283. The molecule has 1 heterocycles. The predicted octanol–water partition coefficient (Wildman–Crippen LogP) is 1.20. The Hall–Kier alpha value is -0.360. The van der Waals surface area contributed by atoms with Crippen molar-refractivity contribution in [1.82, 2.24) is 4.98 Å². The van der Waals surface area contributed by atoms with E-state index in [-0.39, 0.29) is 16.5 Å². The molecule has 0 saturated carbocycles. The molecule has 1 aromatic rings. The van der Waals surface area contributed by atoms with Crippen LogP contribution in [0, 0.1) is 5.82 Å². The van der Waals surface area contributed by atoms with Crippen LogP contribution in [-0.4, -0.2) is 27.1 Å². The van der Waals surface area contributed by atoms with Crippen molar-refractivity contribution in [2.24, 2.45) is 0 Å². The summed E-state index contributed by atoms with van der Waals surface area (Å²) in [6, 6.07) is 1.26. The van der Waals surface area contributed by atoms with E-state index >= 15 is 0 Å². The third kappa shape index (κ3) is 2.36. The summed E-state index contributed by atoms with van der Waals surface area (Å²) >= 11 is 9.19. The van der Waals surface area contributed by atoms with Gasteiger partial charge in [0.05, 0.1) is 6.10 Å². The lowest BCUT2D eigenvalue weighted by atomic mass is 10.1. The summed E-state index contributed by atoms with van der Waals surface area (Å²) in [5, 5.41) is 18.4. The molecule has 0 amide bonds. The Morgan fingerprint density at radius 1 is 1.57 bits per heavy atom. The molecule has 78 valence electrons. The summed E-state index contributed by atoms with van der Waals surface area (Å²) in [4.78, 5) is 3.49. The fourth-order valence-electron chi connectivity index (χ4n) is 0.967. The standard InChI is InChI=1S/C8H9ClFNO2S/c9-8-6(10)4(1-2-11-8)7(13)5(12)3-14/h1-2,5,7,12-14H,3H2. The first-order chi connectivity index (χ1) is 6.57. The number of halogens is 2. The van der Waals surface area contributed by atoms with Gasteiger partial charge in [-0.2, -0.15) is 12.6 Å². The minimum Gasteiger partial charge on any atom is -0.389 e. The van der Waals surface area contributed by atoms with Crippen LogP contribution >= 0.6 is 24.2 Å². The van der Waals surface area contributed by atoms with Crippen molar-refractivity contribution in [1.29, 1.82) is 0 Å². The van der Waals surface area contributed by atoms with Gasteiger partial charge in [-0.05, 0) is 6.07 Å². The second-order valence-electron chi connectivity index (χ2n) is 2.70. The van der Waals surface area contributed by atoms with Gasteiger partial charge in [-0.1, -0.05) is 11.6 Å². The van der Waals surface area contributed by atoms with Crippen molar-refractivity contribution < 1.29 is 14.6 Å². The highest BCUT2D eigenvalue weighted by atomic mass is 35.5. The molecule has 1 aromatic heterocycles. The van der Waals surface area contributed by atoms with Crippen molar-refractivity contribution in [2.75, 3.05) is 5.75 Å². The topological polar surface area (TPSA) is 53.4 Å². The van der Waals surface area contributed by atoms with Crippen molar-refractivity contribution in [2.45, 2.75) is 12.2 Å². The monoisotopic (exact) mass is 237 g/mol. The SMILES string of the molecule is OC(CS)C(O)c1ccnc(Cl)c1F. The number of aromatic nitrogens is 1. The molecule has 0 aliphatic rings. The van der Waals surface area contributed by atoms with Crippen LogP contribution < -0.4 is 0 Å². The summed E-state index contributed by atoms with van der Waals surface area (Å²) < 4.78 is 13.3. The zero-order valence-electron chi connectivity index (χ0n) is 7.06. The second-order valence-corrected chi connectivity index (χ2v) is 3.42.